The van der Waals surface area contributed by atoms with E-state index in [1.807, 2.05) is 37.4 Å². The van der Waals surface area contributed by atoms with Crippen molar-refractivity contribution in [3.63, 3.8) is 0 Å². The number of carbonyl (C=O) groups is 1. The van der Waals surface area contributed by atoms with Crippen molar-refractivity contribution in [1.29, 1.82) is 0 Å². The summed E-state index contributed by atoms with van der Waals surface area (Å²) < 4.78 is 0. The van der Waals surface area contributed by atoms with Gasteiger partial charge in [-0.1, -0.05) is 17.7 Å². The molecule has 94 valence electrons. The Balaban J connectivity index is 2.11. The highest BCUT2D eigenvalue weighted by Crippen LogP contribution is 2.19. The number of thiazole rings is 1. The molecule has 1 aromatic carbocycles. The molecule has 2 rings (SSSR count). The summed E-state index contributed by atoms with van der Waals surface area (Å²) in [4.78, 5) is 16.2. The summed E-state index contributed by atoms with van der Waals surface area (Å²) in [6.45, 7) is 3.82. The normalized spacial score (nSPS) is 12.2. The van der Waals surface area contributed by atoms with Gasteiger partial charge in [0.25, 0.3) is 5.91 Å². The number of aromatic nitrogens is 1. The van der Waals surface area contributed by atoms with Crippen molar-refractivity contribution in [3.8, 4) is 0 Å². The third kappa shape index (κ3) is 2.94. The van der Waals surface area contributed by atoms with E-state index >= 15 is 0 Å². The zero-order chi connectivity index (χ0) is 13.1. The molecule has 3 N–H and O–H groups in total. The van der Waals surface area contributed by atoms with Crippen LogP contribution in [0.15, 0.2) is 29.6 Å². The van der Waals surface area contributed by atoms with Gasteiger partial charge >= 0.3 is 0 Å². The first kappa shape index (κ1) is 12.7. The van der Waals surface area contributed by atoms with Gasteiger partial charge < -0.3 is 5.73 Å². The summed E-state index contributed by atoms with van der Waals surface area (Å²) in [5.41, 5.74) is 8.20. The molecule has 4 nitrogen and oxygen atoms in total. The second-order valence-corrected chi connectivity index (χ2v) is 5.05. The van der Waals surface area contributed by atoms with Gasteiger partial charge in [-0.15, -0.1) is 11.3 Å². The summed E-state index contributed by atoms with van der Waals surface area (Å²) >= 11 is 1.38. The Bertz CT molecular complexity index is 563. The number of nitrogens with one attached hydrogen (secondary N) is 1. The van der Waals surface area contributed by atoms with Gasteiger partial charge in [-0.3, -0.25) is 10.1 Å². The van der Waals surface area contributed by atoms with Crippen LogP contribution in [0.1, 0.15) is 34.6 Å². The highest BCUT2D eigenvalue weighted by atomic mass is 32.1. The highest BCUT2D eigenvalue weighted by Gasteiger charge is 2.10. The van der Waals surface area contributed by atoms with Gasteiger partial charge in [-0.05, 0) is 26.0 Å². The molecule has 0 saturated carbocycles. The quantitative estimate of drug-likeness (QED) is 0.892. The minimum Gasteiger partial charge on any atom is -0.323 e. The molecular weight excluding hydrogens is 246 g/mol. The molecular formula is C13H15N3OS. The van der Waals surface area contributed by atoms with Crippen LogP contribution in [0.5, 0.6) is 0 Å². The molecule has 0 aliphatic rings. The number of hydrogen-bond acceptors (Lipinski definition) is 4. The number of nitrogens with two attached hydrogens (primary N) is 1. The highest BCUT2D eigenvalue weighted by molar-refractivity contribution is 7.14. The lowest BCUT2D eigenvalue weighted by Crippen LogP contribution is -2.12. The molecule has 1 atom stereocenters. The van der Waals surface area contributed by atoms with Crippen molar-refractivity contribution in [2.45, 2.75) is 19.9 Å². The molecule has 1 amide bonds. The van der Waals surface area contributed by atoms with E-state index < -0.39 is 0 Å². The zero-order valence-electron chi connectivity index (χ0n) is 10.3. The van der Waals surface area contributed by atoms with E-state index in [9.17, 15) is 4.79 Å². The summed E-state index contributed by atoms with van der Waals surface area (Å²) in [7, 11) is 0. The number of carbonyl (C=O) groups excluding carboxylic acids is 1. The molecule has 0 bridgehead atoms. The Morgan fingerprint density at radius 1 is 1.50 bits per heavy atom. The third-order valence-electron chi connectivity index (χ3n) is 2.49. The molecule has 0 aliphatic heterocycles. The molecule has 5 heteroatoms. The standard InChI is InChI=1S/C13H15N3OS/c1-8-4-3-5-10(6-8)12(17)16-13-15-11(7-18-13)9(2)14/h3-7,9H,14H2,1-2H3,(H,15,16,17). The number of hydrogen-bond donors (Lipinski definition) is 2. The molecule has 0 saturated heterocycles. The largest absolute Gasteiger partial charge is 0.323 e. The van der Waals surface area contributed by atoms with E-state index in [1.165, 1.54) is 11.3 Å². The van der Waals surface area contributed by atoms with Gasteiger partial charge in [0.1, 0.15) is 0 Å². The second kappa shape index (κ2) is 5.29. The Labute approximate surface area is 110 Å². The van der Waals surface area contributed by atoms with Crippen LogP contribution in [0.25, 0.3) is 0 Å². The van der Waals surface area contributed by atoms with E-state index in [-0.39, 0.29) is 11.9 Å². The SMILES string of the molecule is Cc1cccc(C(=O)Nc2nc(C(C)N)cs2)c1. The van der Waals surface area contributed by atoms with E-state index in [0.717, 1.165) is 11.3 Å². The van der Waals surface area contributed by atoms with Gasteiger partial charge in [-0.25, -0.2) is 4.98 Å². The predicted octanol–water partition coefficient (Wildman–Crippen LogP) is 2.72. The second-order valence-electron chi connectivity index (χ2n) is 4.19. The lowest BCUT2D eigenvalue weighted by atomic mass is 10.1. The molecule has 0 spiro atoms. The summed E-state index contributed by atoms with van der Waals surface area (Å²) in [5.74, 6) is -0.149. The number of benzene rings is 1. The third-order valence-corrected chi connectivity index (χ3v) is 3.27. The van der Waals surface area contributed by atoms with Crippen LogP contribution in [-0.2, 0) is 0 Å². The fraction of sp³-hybridized carbons (Fsp3) is 0.231. The number of nitrogens with zero attached hydrogens (tertiary/aromatic N) is 1. The maximum Gasteiger partial charge on any atom is 0.257 e. The first-order valence-corrected chi connectivity index (χ1v) is 6.53. The van der Waals surface area contributed by atoms with Crippen molar-refractivity contribution in [3.05, 3.63) is 46.5 Å². The molecule has 18 heavy (non-hydrogen) atoms. The van der Waals surface area contributed by atoms with Crippen molar-refractivity contribution in [2.24, 2.45) is 5.73 Å². The fourth-order valence-corrected chi connectivity index (χ4v) is 2.32. The van der Waals surface area contributed by atoms with Gasteiger partial charge in [0.2, 0.25) is 0 Å². The summed E-state index contributed by atoms with van der Waals surface area (Å²) in [5, 5.41) is 5.21. The van der Waals surface area contributed by atoms with Gasteiger partial charge in [-0.2, -0.15) is 0 Å². The number of amides is 1. The van der Waals surface area contributed by atoms with Crippen LogP contribution < -0.4 is 11.1 Å². The maximum atomic E-state index is 12.0. The number of anilines is 1. The number of aryl methyl sites for hydroxylation is 1. The van der Waals surface area contributed by atoms with Crippen molar-refractivity contribution in [2.75, 3.05) is 5.32 Å². The molecule has 1 heterocycles. The zero-order valence-corrected chi connectivity index (χ0v) is 11.1. The Morgan fingerprint density at radius 2 is 2.28 bits per heavy atom. The van der Waals surface area contributed by atoms with Gasteiger partial charge in [0.15, 0.2) is 5.13 Å². The topological polar surface area (TPSA) is 68.0 Å². The molecule has 0 radical (unpaired) electrons. The van der Waals surface area contributed by atoms with Gasteiger partial charge in [0.05, 0.1) is 5.69 Å². The average Bonchev–Trinajstić information content (AvgIpc) is 2.77. The van der Waals surface area contributed by atoms with E-state index in [4.69, 9.17) is 5.73 Å². The minimum absolute atomic E-state index is 0.120. The van der Waals surface area contributed by atoms with E-state index in [0.29, 0.717) is 10.7 Å². The van der Waals surface area contributed by atoms with Crippen LogP contribution in [0.3, 0.4) is 0 Å². The van der Waals surface area contributed by atoms with Crippen LogP contribution in [-0.4, -0.2) is 10.9 Å². The van der Waals surface area contributed by atoms with Gasteiger partial charge in [0, 0.05) is 17.0 Å². The summed E-state index contributed by atoms with van der Waals surface area (Å²) in [6.07, 6.45) is 0. The Hall–Kier alpha value is -1.72. The van der Waals surface area contributed by atoms with Crippen molar-refractivity contribution in [1.82, 2.24) is 4.98 Å². The summed E-state index contributed by atoms with van der Waals surface area (Å²) in [6, 6.07) is 7.32. The van der Waals surface area contributed by atoms with Crippen molar-refractivity contribution < 1.29 is 4.79 Å². The molecule has 1 aromatic heterocycles. The van der Waals surface area contributed by atoms with E-state index in [1.54, 1.807) is 6.07 Å². The fourth-order valence-electron chi connectivity index (χ4n) is 1.51. The predicted molar refractivity (Wildman–Crippen MR) is 73.8 cm³/mol. The van der Waals surface area contributed by atoms with Crippen LogP contribution >= 0.6 is 11.3 Å². The lowest BCUT2D eigenvalue weighted by molar-refractivity contribution is 0.102. The maximum absolute atomic E-state index is 12.0. The van der Waals surface area contributed by atoms with Crippen LogP contribution in [0.2, 0.25) is 0 Å². The smallest absolute Gasteiger partial charge is 0.257 e. The monoisotopic (exact) mass is 261 g/mol. The van der Waals surface area contributed by atoms with Crippen LogP contribution in [0.4, 0.5) is 5.13 Å². The molecule has 2 aromatic rings. The lowest BCUT2D eigenvalue weighted by Gasteiger charge is -2.03. The Kier molecular flexibility index (Phi) is 3.74. The first-order valence-electron chi connectivity index (χ1n) is 5.65. The molecule has 1 unspecified atom stereocenters. The van der Waals surface area contributed by atoms with E-state index in [2.05, 4.69) is 10.3 Å². The molecule has 0 aliphatic carbocycles. The van der Waals surface area contributed by atoms with Crippen molar-refractivity contribution >= 4 is 22.4 Å². The first-order chi connectivity index (χ1) is 8.56. The minimum atomic E-state index is -0.149. The number of rotatable bonds is 3. The average molecular weight is 261 g/mol. The Morgan fingerprint density at radius 3 is 2.89 bits per heavy atom. The molecule has 0 fully saturated rings. The van der Waals surface area contributed by atoms with Crippen LogP contribution in [0, 0.1) is 6.92 Å².